The zero-order chi connectivity index (χ0) is 31.3. The Kier molecular flexibility index (Phi) is 9.11. The second kappa shape index (κ2) is 13.5. The number of hydrogen-bond acceptors (Lipinski definition) is 10. The number of nitrogens with zero attached hydrogens (tertiary/aromatic N) is 4. The van der Waals surface area contributed by atoms with Gasteiger partial charge in [0.25, 0.3) is 5.78 Å². The monoisotopic (exact) mass is 656 g/mol. The van der Waals surface area contributed by atoms with Crippen molar-refractivity contribution in [3.05, 3.63) is 130 Å². The van der Waals surface area contributed by atoms with Gasteiger partial charge in [0, 0.05) is 28.7 Å². The number of rotatable bonds is 10. The molecule has 226 valence electrons. The molecule has 6 rings (SSSR count). The molecule has 0 radical (unpaired) electrons. The molecule has 9 nitrogen and oxygen atoms in total. The van der Waals surface area contributed by atoms with Crippen molar-refractivity contribution in [2.45, 2.75) is 22.7 Å². The number of ketones is 1. The second-order valence-electron chi connectivity index (χ2n) is 9.86. The molecule has 1 aliphatic heterocycles. The highest BCUT2D eigenvalue weighted by Gasteiger charge is 2.48. The number of aromatic nitrogens is 3. The number of amides is 1. The highest BCUT2D eigenvalue weighted by atomic mass is 35.5. The predicted molar refractivity (Wildman–Crippen MR) is 174 cm³/mol. The topological polar surface area (TPSA) is 115 Å². The summed E-state index contributed by atoms with van der Waals surface area (Å²) in [6.07, 6.45) is 2.99. The molecule has 1 N–H and O–H groups in total. The molecule has 0 bridgehead atoms. The summed E-state index contributed by atoms with van der Waals surface area (Å²) in [5.41, 5.74) is 2.80. The fourth-order valence-electron chi connectivity index (χ4n) is 4.80. The van der Waals surface area contributed by atoms with Gasteiger partial charge in [-0.1, -0.05) is 83.2 Å². The number of carbonyl (C=O) groups is 2. The Morgan fingerprint density at radius 3 is 2.44 bits per heavy atom. The summed E-state index contributed by atoms with van der Waals surface area (Å²) < 4.78 is 12.3. The zero-order valence-corrected chi connectivity index (χ0v) is 26.2. The van der Waals surface area contributed by atoms with E-state index in [1.165, 1.54) is 47.5 Å². The van der Waals surface area contributed by atoms with E-state index in [4.69, 9.17) is 21.1 Å². The summed E-state index contributed by atoms with van der Waals surface area (Å²) in [4.78, 5) is 32.5. The fourth-order valence-corrected chi connectivity index (χ4v) is 6.75. The van der Waals surface area contributed by atoms with Crippen LogP contribution in [0.1, 0.15) is 28.3 Å². The van der Waals surface area contributed by atoms with E-state index in [1.54, 1.807) is 30.3 Å². The molecule has 3 aromatic carbocycles. The summed E-state index contributed by atoms with van der Waals surface area (Å²) in [6.45, 7) is 0.318. The van der Waals surface area contributed by atoms with E-state index >= 15 is 0 Å². The molecule has 12 heteroatoms. The van der Waals surface area contributed by atoms with E-state index in [0.29, 0.717) is 44.3 Å². The van der Waals surface area contributed by atoms with Gasteiger partial charge in [-0.25, -0.2) is 0 Å². The molecule has 1 amide bonds. The first-order chi connectivity index (χ1) is 21.9. The number of pyridine rings is 1. The van der Waals surface area contributed by atoms with E-state index in [2.05, 4.69) is 15.2 Å². The Morgan fingerprint density at radius 2 is 1.71 bits per heavy atom. The van der Waals surface area contributed by atoms with Crippen LogP contribution in [0.15, 0.2) is 107 Å². The van der Waals surface area contributed by atoms with Gasteiger partial charge in [0.1, 0.15) is 12.4 Å². The Bertz CT molecular complexity index is 1870. The normalized spacial score (nSPS) is 15.8. The molecule has 45 heavy (non-hydrogen) atoms. The second-order valence-corrected chi connectivity index (χ2v) is 12.5. The van der Waals surface area contributed by atoms with Gasteiger partial charge in [0.2, 0.25) is 5.13 Å². The first-order valence-corrected chi connectivity index (χ1v) is 15.9. The minimum Gasteiger partial charge on any atom is -0.507 e. The molecule has 5 aromatic rings. The van der Waals surface area contributed by atoms with Gasteiger partial charge in [-0.3, -0.25) is 19.5 Å². The summed E-state index contributed by atoms with van der Waals surface area (Å²) in [7, 11) is 1.51. The van der Waals surface area contributed by atoms with Crippen molar-refractivity contribution >= 4 is 57.3 Å². The number of ether oxygens (including phenoxy) is 2. The number of halogens is 1. The smallest absolute Gasteiger partial charge is 0.301 e. The highest BCUT2D eigenvalue weighted by Crippen LogP contribution is 2.45. The average molecular weight is 657 g/mol. The number of thioether (sulfide) groups is 1. The van der Waals surface area contributed by atoms with Gasteiger partial charge in [0.05, 0.1) is 18.7 Å². The summed E-state index contributed by atoms with van der Waals surface area (Å²) in [5, 5.41) is 20.8. The Balaban J connectivity index is 1.36. The minimum atomic E-state index is -1.02. The van der Waals surface area contributed by atoms with Crippen LogP contribution in [-0.4, -0.2) is 39.1 Å². The van der Waals surface area contributed by atoms with Crippen LogP contribution in [0.3, 0.4) is 0 Å². The first kappa shape index (κ1) is 30.3. The molecule has 0 aliphatic carbocycles. The number of methoxy groups -OCH3 is 1. The number of carbonyl (C=O) groups excluding carboxylic acids is 2. The lowest BCUT2D eigenvalue weighted by Crippen LogP contribution is -2.29. The van der Waals surface area contributed by atoms with Crippen LogP contribution in [0.25, 0.3) is 5.76 Å². The molecule has 0 saturated carbocycles. The van der Waals surface area contributed by atoms with E-state index < -0.39 is 17.7 Å². The largest absolute Gasteiger partial charge is 0.507 e. The zero-order valence-electron chi connectivity index (χ0n) is 23.8. The van der Waals surface area contributed by atoms with E-state index in [9.17, 15) is 14.7 Å². The van der Waals surface area contributed by atoms with Crippen molar-refractivity contribution < 1.29 is 24.2 Å². The predicted octanol–water partition coefficient (Wildman–Crippen LogP) is 7.09. The highest BCUT2D eigenvalue weighted by molar-refractivity contribution is 8.00. The van der Waals surface area contributed by atoms with Gasteiger partial charge in [-0.05, 0) is 53.1 Å². The third-order valence-electron chi connectivity index (χ3n) is 7.02. The fraction of sp³-hybridized carbons (Fsp3) is 0.121. The maximum absolute atomic E-state index is 13.6. The number of aliphatic hydroxyl groups is 1. The third-order valence-corrected chi connectivity index (χ3v) is 9.40. The SMILES string of the molecule is COc1cc(C2C(=C(O)c3ccncc3)C(=O)C(=O)N2c2nnc(SCc3ccc(Cl)cc3)s2)ccc1OCc1ccccc1. The van der Waals surface area contributed by atoms with Crippen molar-refractivity contribution in [3.63, 3.8) is 0 Å². The van der Waals surface area contributed by atoms with Crippen LogP contribution in [0.5, 0.6) is 11.5 Å². The van der Waals surface area contributed by atoms with E-state index in [-0.39, 0.29) is 16.5 Å². The third kappa shape index (κ3) is 6.56. The summed E-state index contributed by atoms with van der Waals surface area (Å²) in [6, 6.07) is 24.5. The Morgan fingerprint density at radius 1 is 0.956 bits per heavy atom. The van der Waals surface area contributed by atoms with Gasteiger partial charge < -0.3 is 14.6 Å². The van der Waals surface area contributed by atoms with Crippen molar-refractivity contribution in [1.82, 2.24) is 15.2 Å². The molecular weight excluding hydrogens is 632 g/mol. The molecule has 1 saturated heterocycles. The molecule has 0 spiro atoms. The average Bonchev–Trinajstić information content (AvgIpc) is 3.65. The lowest BCUT2D eigenvalue weighted by atomic mass is 9.95. The Labute approximate surface area is 272 Å². The number of Topliss-reactive ketones (excluding diaryl/α,β-unsaturated/α-hetero) is 1. The van der Waals surface area contributed by atoms with Gasteiger partial charge in [-0.15, -0.1) is 10.2 Å². The van der Waals surface area contributed by atoms with Crippen molar-refractivity contribution in [1.29, 1.82) is 0 Å². The van der Waals surface area contributed by atoms with Crippen molar-refractivity contribution in [3.8, 4) is 11.5 Å². The molecule has 1 aliphatic rings. The van der Waals surface area contributed by atoms with E-state index in [0.717, 1.165) is 11.1 Å². The maximum atomic E-state index is 13.6. The molecule has 3 heterocycles. The number of benzene rings is 3. The molecule has 1 unspecified atom stereocenters. The number of anilines is 1. The van der Waals surface area contributed by atoms with Crippen molar-refractivity contribution in [2.24, 2.45) is 0 Å². The lowest BCUT2D eigenvalue weighted by Gasteiger charge is -2.23. The van der Waals surface area contributed by atoms with Gasteiger partial charge >= 0.3 is 5.91 Å². The first-order valence-electron chi connectivity index (χ1n) is 13.7. The number of hydrogen-bond donors (Lipinski definition) is 1. The Hall–Kier alpha value is -4.71. The summed E-state index contributed by atoms with van der Waals surface area (Å²) >= 11 is 8.64. The molecule has 1 atom stereocenters. The molecule has 1 fully saturated rings. The number of aliphatic hydroxyl groups excluding tert-OH is 1. The minimum absolute atomic E-state index is 0.0863. The summed E-state index contributed by atoms with van der Waals surface area (Å²) in [5.74, 6) is -0.513. The molecular formula is C33H25ClN4O5S2. The van der Waals surface area contributed by atoms with Crippen LogP contribution in [0, 0.1) is 0 Å². The van der Waals surface area contributed by atoms with Crippen molar-refractivity contribution in [2.75, 3.05) is 12.0 Å². The van der Waals surface area contributed by atoms with E-state index in [1.807, 2.05) is 54.6 Å². The van der Waals surface area contributed by atoms with Gasteiger partial charge in [0.15, 0.2) is 15.8 Å². The standard InChI is InChI=1S/C33H25ClN4O5S2/c1-42-26-17-23(9-12-25(26)43-18-20-5-3-2-4-6-20)28-27(29(39)22-13-15-35-16-14-22)30(40)31(41)38(28)32-36-37-33(45-32)44-19-21-7-10-24(34)11-8-21/h2-17,28,39H,18-19H2,1H3. The van der Waals surface area contributed by atoms with Crippen LogP contribution in [-0.2, 0) is 21.9 Å². The van der Waals surface area contributed by atoms with Crippen LogP contribution in [0.4, 0.5) is 5.13 Å². The maximum Gasteiger partial charge on any atom is 0.301 e. The quantitative estimate of drug-likeness (QED) is 0.0553. The molecule has 2 aromatic heterocycles. The lowest BCUT2D eigenvalue weighted by molar-refractivity contribution is -0.132. The van der Waals surface area contributed by atoms with Crippen LogP contribution in [0.2, 0.25) is 5.02 Å². The van der Waals surface area contributed by atoms with Crippen LogP contribution >= 0.6 is 34.7 Å². The van der Waals surface area contributed by atoms with Gasteiger partial charge in [-0.2, -0.15) is 0 Å². The van der Waals surface area contributed by atoms with Crippen LogP contribution < -0.4 is 14.4 Å².